The van der Waals surface area contributed by atoms with E-state index in [9.17, 15) is 4.79 Å². The molecule has 0 spiro atoms. The zero-order valence-corrected chi connectivity index (χ0v) is 12.0. The van der Waals surface area contributed by atoms with E-state index < -0.39 is 0 Å². The minimum absolute atomic E-state index is 0.00403. The van der Waals surface area contributed by atoms with Crippen LogP contribution in [0.15, 0.2) is 20.8 Å². The molecular formula is C11H18N2OS2. The van der Waals surface area contributed by atoms with Gasteiger partial charge in [0.25, 0.3) is 5.56 Å². The second-order valence-electron chi connectivity index (χ2n) is 4.10. The van der Waals surface area contributed by atoms with E-state index in [-0.39, 0.29) is 5.56 Å². The van der Waals surface area contributed by atoms with Crippen LogP contribution in [0.25, 0.3) is 0 Å². The van der Waals surface area contributed by atoms with Crippen LogP contribution in [0.3, 0.4) is 0 Å². The largest absolute Gasteiger partial charge is 0.281 e. The van der Waals surface area contributed by atoms with Gasteiger partial charge in [0.1, 0.15) is 0 Å². The average molecular weight is 258 g/mol. The number of rotatable bonds is 4. The maximum absolute atomic E-state index is 12.0. The fourth-order valence-electron chi connectivity index (χ4n) is 1.18. The van der Waals surface area contributed by atoms with Crippen molar-refractivity contribution in [2.24, 2.45) is 7.05 Å². The molecule has 0 N–H and O–H groups in total. The van der Waals surface area contributed by atoms with E-state index in [1.807, 2.05) is 0 Å². The summed E-state index contributed by atoms with van der Waals surface area (Å²) in [5, 5.41) is 4.93. The van der Waals surface area contributed by atoms with Crippen LogP contribution >= 0.6 is 23.5 Å². The van der Waals surface area contributed by atoms with E-state index in [1.54, 1.807) is 36.8 Å². The zero-order chi connectivity index (χ0) is 12.3. The lowest BCUT2D eigenvalue weighted by atomic mass is 10.5. The van der Waals surface area contributed by atoms with Crippen molar-refractivity contribution in [2.75, 3.05) is 0 Å². The summed E-state index contributed by atoms with van der Waals surface area (Å²) in [6.07, 6.45) is 1.79. The monoisotopic (exact) mass is 258 g/mol. The Hall–Kier alpha value is -0.420. The van der Waals surface area contributed by atoms with Gasteiger partial charge in [-0.3, -0.25) is 4.79 Å². The molecule has 5 heteroatoms. The van der Waals surface area contributed by atoms with Crippen molar-refractivity contribution < 1.29 is 0 Å². The number of aromatic nitrogens is 2. The van der Waals surface area contributed by atoms with Gasteiger partial charge in [-0.15, -0.1) is 23.5 Å². The van der Waals surface area contributed by atoms with Crippen LogP contribution in [0.1, 0.15) is 27.7 Å². The Bertz CT molecular complexity index is 413. The van der Waals surface area contributed by atoms with Crippen LogP contribution in [0.4, 0.5) is 0 Å². The quantitative estimate of drug-likeness (QED) is 0.778. The molecule has 0 unspecified atom stereocenters. The number of aryl methyl sites for hydroxylation is 1. The Balaban J connectivity index is 3.16. The summed E-state index contributed by atoms with van der Waals surface area (Å²) < 4.78 is 1.40. The maximum atomic E-state index is 12.0. The Labute approximate surface area is 105 Å². The van der Waals surface area contributed by atoms with Crippen LogP contribution in [-0.2, 0) is 7.05 Å². The number of hydrogen-bond acceptors (Lipinski definition) is 4. The standard InChI is InChI=1S/C11H18N2OS2/c1-7(2)15-9-6-12-13(5)11(14)10(9)16-8(3)4/h6-8H,1-5H3. The van der Waals surface area contributed by atoms with Crippen LogP contribution in [0.2, 0.25) is 0 Å². The van der Waals surface area contributed by atoms with E-state index in [1.165, 1.54) is 4.68 Å². The van der Waals surface area contributed by atoms with E-state index in [4.69, 9.17) is 0 Å². The van der Waals surface area contributed by atoms with Crippen LogP contribution in [0, 0.1) is 0 Å². The van der Waals surface area contributed by atoms with E-state index in [0.29, 0.717) is 10.5 Å². The first-order valence-electron chi connectivity index (χ1n) is 5.31. The van der Waals surface area contributed by atoms with Gasteiger partial charge in [-0.05, 0) is 0 Å². The molecule has 1 aromatic heterocycles. The molecule has 0 atom stereocenters. The number of nitrogens with zero attached hydrogens (tertiary/aromatic N) is 2. The molecule has 1 heterocycles. The molecule has 1 aromatic rings. The van der Waals surface area contributed by atoms with E-state index >= 15 is 0 Å². The summed E-state index contributed by atoms with van der Waals surface area (Å²) in [7, 11) is 1.69. The summed E-state index contributed by atoms with van der Waals surface area (Å²) in [6, 6.07) is 0. The van der Waals surface area contributed by atoms with Gasteiger partial charge in [0.2, 0.25) is 0 Å². The Kier molecular flexibility index (Phi) is 4.92. The molecule has 0 saturated carbocycles. The van der Waals surface area contributed by atoms with Crippen molar-refractivity contribution in [3.63, 3.8) is 0 Å². The molecule has 0 radical (unpaired) electrons. The smallest absolute Gasteiger partial charge is 0.266 e. The van der Waals surface area contributed by atoms with Crippen molar-refractivity contribution in [3.05, 3.63) is 16.6 Å². The summed E-state index contributed by atoms with van der Waals surface area (Å²) in [6.45, 7) is 8.42. The third-order valence-electron chi connectivity index (χ3n) is 1.78. The second kappa shape index (κ2) is 5.77. The highest BCUT2D eigenvalue weighted by Crippen LogP contribution is 2.31. The van der Waals surface area contributed by atoms with E-state index in [0.717, 1.165) is 9.79 Å². The van der Waals surface area contributed by atoms with Crippen molar-refractivity contribution in [2.45, 2.75) is 48.0 Å². The highest BCUT2D eigenvalue weighted by atomic mass is 32.2. The van der Waals surface area contributed by atoms with Gasteiger partial charge in [-0.2, -0.15) is 5.10 Å². The third-order valence-corrected chi connectivity index (χ3v) is 4.04. The Morgan fingerprint density at radius 1 is 1.19 bits per heavy atom. The Morgan fingerprint density at radius 3 is 2.25 bits per heavy atom. The van der Waals surface area contributed by atoms with Crippen molar-refractivity contribution in [1.82, 2.24) is 9.78 Å². The number of hydrogen-bond donors (Lipinski definition) is 0. The zero-order valence-electron chi connectivity index (χ0n) is 10.4. The summed E-state index contributed by atoms with van der Waals surface area (Å²) in [4.78, 5) is 13.8. The van der Waals surface area contributed by atoms with Gasteiger partial charge in [0.05, 0.1) is 11.1 Å². The molecule has 0 aliphatic rings. The first-order valence-corrected chi connectivity index (χ1v) is 7.07. The van der Waals surface area contributed by atoms with Crippen LogP contribution < -0.4 is 5.56 Å². The summed E-state index contributed by atoms with van der Waals surface area (Å²) in [5.74, 6) is 0. The molecule has 1 rings (SSSR count). The van der Waals surface area contributed by atoms with Gasteiger partial charge < -0.3 is 0 Å². The predicted octanol–water partition coefficient (Wildman–Crippen LogP) is 2.78. The van der Waals surface area contributed by atoms with Gasteiger partial charge in [-0.1, -0.05) is 27.7 Å². The van der Waals surface area contributed by atoms with Crippen molar-refractivity contribution in [1.29, 1.82) is 0 Å². The first-order chi connectivity index (χ1) is 7.41. The fraction of sp³-hybridized carbons (Fsp3) is 0.636. The molecule has 0 saturated heterocycles. The highest BCUT2D eigenvalue weighted by Gasteiger charge is 2.13. The Morgan fingerprint density at radius 2 is 1.75 bits per heavy atom. The summed E-state index contributed by atoms with van der Waals surface area (Å²) >= 11 is 3.31. The average Bonchev–Trinajstić information content (AvgIpc) is 2.16. The topological polar surface area (TPSA) is 34.9 Å². The van der Waals surface area contributed by atoms with Gasteiger partial charge >= 0.3 is 0 Å². The highest BCUT2D eigenvalue weighted by molar-refractivity contribution is 8.02. The van der Waals surface area contributed by atoms with Gasteiger partial charge in [-0.25, -0.2) is 4.68 Å². The molecular weight excluding hydrogens is 240 g/mol. The third kappa shape index (κ3) is 3.56. The van der Waals surface area contributed by atoms with E-state index in [2.05, 4.69) is 32.8 Å². The minimum atomic E-state index is 0.00403. The predicted molar refractivity (Wildman–Crippen MR) is 71.5 cm³/mol. The molecule has 3 nitrogen and oxygen atoms in total. The molecule has 90 valence electrons. The molecule has 0 fully saturated rings. The lowest BCUT2D eigenvalue weighted by molar-refractivity contribution is 0.670. The minimum Gasteiger partial charge on any atom is -0.266 e. The molecule has 0 bridgehead atoms. The molecule has 0 amide bonds. The molecule has 0 aliphatic heterocycles. The second-order valence-corrected chi connectivity index (χ2v) is 7.31. The molecule has 0 aliphatic carbocycles. The first kappa shape index (κ1) is 13.6. The summed E-state index contributed by atoms with van der Waals surface area (Å²) in [5.41, 5.74) is 0.00403. The molecule has 0 aromatic carbocycles. The molecule has 16 heavy (non-hydrogen) atoms. The SMILES string of the molecule is CC(C)Sc1cnn(C)c(=O)c1SC(C)C. The lowest BCUT2D eigenvalue weighted by Crippen LogP contribution is -2.22. The maximum Gasteiger partial charge on any atom is 0.281 e. The van der Waals surface area contributed by atoms with Crippen molar-refractivity contribution in [3.8, 4) is 0 Å². The van der Waals surface area contributed by atoms with Crippen LogP contribution in [0.5, 0.6) is 0 Å². The fourth-order valence-corrected chi connectivity index (χ4v) is 3.16. The normalized spacial score (nSPS) is 11.4. The number of thioether (sulfide) groups is 2. The lowest BCUT2D eigenvalue weighted by Gasteiger charge is -2.12. The van der Waals surface area contributed by atoms with Gasteiger partial charge in [0.15, 0.2) is 0 Å². The van der Waals surface area contributed by atoms with Gasteiger partial charge in [0, 0.05) is 22.4 Å². The van der Waals surface area contributed by atoms with Crippen molar-refractivity contribution >= 4 is 23.5 Å². The van der Waals surface area contributed by atoms with Crippen LogP contribution in [-0.4, -0.2) is 20.3 Å².